The fraction of sp³-hybridized carbons (Fsp3) is 0.200. The van der Waals surface area contributed by atoms with Gasteiger partial charge in [0.05, 0.1) is 4.90 Å². The highest BCUT2D eigenvalue weighted by Gasteiger charge is 2.12. The molecule has 0 aliphatic heterocycles. The van der Waals surface area contributed by atoms with E-state index in [2.05, 4.69) is 6.58 Å². The largest absolute Gasteiger partial charge is 0.219 e. The third-order valence-corrected chi connectivity index (χ3v) is 3.58. The molecule has 0 atom stereocenters. The topological polar surface area (TPSA) is 34.1 Å². The summed E-state index contributed by atoms with van der Waals surface area (Å²) >= 11 is 0. The van der Waals surface area contributed by atoms with E-state index in [1.807, 2.05) is 13.0 Å². The summed E-state index contributed by atoms with van der Waals surface area (Å²) in [5.41, 5.74) is 1.77. The van der Waals surface area contributed by atoms with Gasteiger partial charge in [0.15, 0.2) is 9.84 Å². The summed E-state index contributed by atoms with van der Waals surface area (Å²) in [4.78, 5) is 0.350. The summed E-state index contributed by atoms with van der Waals surface area (Å²) in [7, 11) is -3.29. The van der Waals surface area contributed by atoms with Crippen LogP contribution in [0.3, 0.4) is 0 Å². The maximum atomic E-state index is 11.5. The Morgan fingerprint density at radius 2 is 1.92 bits per heavy atom. The van der Waals surface area contributed by atoms with E-state index in [1.165, 1.54) is 0 Å². The van der Waals surface area contributed by atoms with Gasteiger partial charge in [-0.15, -0.1) is 0 Å². The Labute approximate surface area is 78.8 Å². The highest BCUT2D eigenvalue weighted by Crippen LogP contribution is 2.19. The van der Waals surface area contributed by atoms with Gasteiger partial charge in [0.1, 0.15) is 0 Å². The van der Waals surface area contributed by atoms with Crippen LogP contribution in [0.4, 0.5) is 0 Å². The highest BCUT2D eigenvalue weighted by atomic mass is 32.2. The summed E-state index contributed by atoms with van der Waals surface area (Å²) in [5, 5.41) is 0.981. The van der Waals surface area contributed by atoms with E-state index in [9.17, 15) is 8.42 Å². The zero-order valence-electron chi connectivity index (χ0n) is 7.74. The third kappa shape index (κ3) is 1.80. The van der Waals surface area contributed by atoms with E-state index in [1.54, 1.807) is 19.1 Å². The second kappa shape index (κ2) is 3.34. The van der Waals surface area contributed by atoms with Crippen LogP contribution in [-0.2, 0) is 9.84 Å². The minimum atomic E-state index is -3.29. The normalized spacial score (nSPS) is 11.2. The molecule has 70 valence electrons. The Balaban J connectivity index is 3.49. The van der Waals surface area contributed by atoms with Gasteiger partial charge in [0.25, 0.3) is 0 Å². The van der Waals surface area contributed by atoms with Crippen LogP contribution < -0.4 is 0 Å². The maximum Gasteiger partial charge on any atom is 0.199 e. The van der Waals surface area contributed by atoms with Gasteiger partial charge in [-0.1, -0.05) is 18.7 Å². The zero-order valence-corrected chi connectivity index (χ0v) is 8.56. The molecule has 0 aliphatic rings. The number of benzene rings is 1. The molecule has 3 heteroatoms. The standard InChI is InChI=1S/C10H12O2S/c1-4-13(11,12)10-7-5-6-8(2)9(10)3/h4-7H,1H2,2-3H3. The Morgan fingerprint density at radius 3 is 2.46 bits per heavy atom. The van der Waals surface area contributed by atoms with Gasteiger partial charge in [-0.25, -0.2) is 8.42 Å². The molecular formula is C10H12O2S. The van der Waals surface area contributed by atoms with E-state index in [-0.39, 0.29) is 0 Å². The molecule has 0 unspecified atom stereocenters. The molecule has 0 radical (unpaired) electrons. The zero-order chi connectivity index (χ0) is 10.1. The first-order valence-corrected chi connectivity index (χ1v) is 5.47. The average molecular weight is 196 g/mol. The Bertz CT molecular complexity index is 430. The molecule has 0 aromatic heterocycles. The fourth-order valence-electron chi connectivity index (χ4n) is 1.12. The van der Waals surface area contributed by atoms with Crippen LogP contribution in [0.1, 0.15) is 11.1 Å². The number of hydrogen-bond donors (Lipinski definition) is 0. The summed E-state index contributed by atoms with van der Waals surface area (Å²) in [5.74, 6) is 0. The smallest absolute Gasteiger partial charge is 0.199 e. The molecule has 0 fully saturated rings. The first kappa shape index (κ1) is 9.99. The number of hydrogen-bond acceptors (Lipinski definition) is 2. The van der Waals surface area contributed by atoms with Gasteiger partial charge in [-0.3, -0.25) is 0 Å². The van der Waals surface area contributed by atoms with E-state index >= 15 is 0 Å². The summed E-state index contributed by atoms with van der Waals surface area (Å²) in [6.07, 6.45) is 0. The van der Waals surface area contributed by atoms with Crippen molar-refractivity contribution in [2.24, 2.45) is 0 Å². The number of rotatable bonds is 2. The highest BCUT2D eigenvalue weighted by molar-refractivity contribution is 7.94. The number of aryl methyl sites for hydroxylation is 1. The summed E-state index contributed by atoms with van der Waals surface area (Å²) < 4.78 is 22.9. The molecule has 0 bridgehead atoms. The van der Waals surface area contributed by atoms with Gasteiger partial charge in [0, 0.05) is 5.41 Å². The lowest BCUT2D eigenvalue weighted by atomic mass is 10.1. The predicted molar refractivity (Wildman–Crippen MR) is 53.3 cm³/mol. The SMILES string of the molecule is C=CS(=O)(=O)c1cccc(C)c1C. The van der Waals surface area contributed by atoms with E-state index in [0.29, 0.717) is 4.90 Å². The second-order valence-corrected chi connectivity index (χ2v) is 4.77. The van der Waals surface area contributed by atoms with Crippen molar-refractivity contribution in [3.8, 4) is 0 Å². The van der Waals surface area contributed by atoms with Crippen molar-refractivity contribution in [3.05, 3.63) is 41.3 Å². The van der Waals surface area contributed by atoms with Gasteiger partial charge < -0.3 is 0 Å². The van der Waals surface area contributed by atoms with Crippen LogP contribution in [0, 0.1) is 13.8 Å². The lowest BCUT2D eigenvalue weighted by Crippen LogP contribution is -1.99. The minimum Gasteiger partial charge on any atom is -0.219 e. The van der Waals surface area contributed by atoms with Gasteiger partial charge in [-0.2, -0.15) is 0 Å². The molecule has 0 aliphatic carbocycles. The Morgan fingerprint density at radius 1 is 1.31 bits per heavy atom. The Hall–Kier alpha value is -1.09. The molecule has 0 saturated carbocycles. The quantitative estimate of drug-likeness (QED) is 0.726. The molecule has 0 spiro atoms. The van der Waals surface area contributed by atoms with Crippen molar-refractivity contribution in [1.29, 1.82) is 0 Å². The Kier molecular flexibility index (Phi) is 2.57. The molecule has 1 aromatic rings. The monoisotopic (exact) mass is 196 g/mol. The first-order valence-electron chi connectivity index (χ1n) is 3.93. The van der Waals surface area contributed by atoms with Gasteiger partial charge in [0.2, 0.25) is 0 Å². The van der Waals surface area contributed by atoms with Crippen molar-refractivity contribution in [2.45, 2.75) is 18.7 Å². The lowest BCUT2D eigenvalue weighted by Gasteiger charge is -2.05. The van der Waals surface area contributed by atoms with Crippen molar-refractivity contribution in [3.63, 3.8) is 0 Å². The van der Waals surface area contributed by atoms with Crippen LogP contribution in [0.15, 0.2) is 35.1 Å². The molecule has 0 saturated heterocycles. The predicted octanol–water partition coefficient (Wildman–Crippen LogP) is 2.22. The summed E-state index contributed by atoms with van der Waals surface area (Å²) in [6.45, 7) is 6.98. The second-order valence-electron chi connectivity index (χ2n) is 2.91. The first-order chi connectivity index (χ1) is 5.99. The molecule has 1 aromatic carbocycles. The van der Waals surface area contributed by atoms with E-state index in [0.717, 1.165) is 16.5 Å². The average Bonchev–Trinajstić information content (AvgIpc) is 2.09. The number of sulfone groups is 1. The van der Waals surface area contributed by atoms with Gasteiger partial charge >= 0.3 is 0 Å². The van der Waals surface area contributed by atoms with Crippen LogP contribution >= 0.6 is 0 Å². The van der Waals surface area contributed by atoms with E-state index in [4.69, 9.17) is 0 Å². The molecule has 0 amide bonds. The molecule has 13 heavy (non-hydrogen) atoms. The van der Waals surface area contributed by atoms with Gasteiger partial charge in [-0.05, 0) is 31.0 Å². The van der Waals surface area contributed by atoms with Crippen molar-refractivity contribution in [2.75, 3.05) is 0 Å². The van der Waals surface area contributed by atoms with E-state index < -0.39 is 9.84 Å². The molecule has 0 heterocycles. The molecule has 0 N–H and O–H groups in total. The fourth-order valence-corrected chi connectivity index (χ4v) is 2.16. The third-order valence-electron chi connectivity index (χ3n) is 2.08. The van der Waals surface area contributed by atoms with Crippen LogP contribution in [0.2, 0.25) is 0 Å². The molecule has 2 nitrogen and oxygen atoms in total. The van der Waals surface area contributed by atoms with Crippen molar-refractivity contribution in [1.82, 2.24) is 0 Å². The van der Waals surface area contributed by atoms with Crippen LogP contribution in [0.5, 0.6) is 0 Å². The van der Waals surface area contributed by atoms with Crippen molar-refractivity contribution >= 4 is 9.84 Å². The molecular weight excluding hydrogens is 184 g/mol. The van der Waals surface area contributed by atoms with Crippen LogP contribution in [-0.4, -0.2) is 8.42 Å². The van der Waals surface area contributed by atoms with Crippen molar-refractivity contribution < 1.29 is 8.42 Å². The van der Waals surface area contributed by atoms with Crippen LogP contribution in [0.25, 0.3) is 0 Å². The minimum absolute atomic E-state index is 0.350. The lowest BCUT2D eigenvalue weighted by molar-refractivity contribution is 0.604. The summed E-state index contributed by atoms with van der Waals surface area (Å²) in [6, 6.07) is 5.22. The maximum absolute atomic E-state index is 11.5. The molecule has 1 rings (SSSR count).